The van der Waals surface area contributed by atoms with Gasteiger partial charge in [-0.2, -0.15) is 0 Å². The third-order valence-electron chi connectivity index (χ3n) is 4.95. The molecule has 4 aromatic rings. The van der Waals surface area contributed by atoms with Crippen LogP contribution in [0.2, 0.25) is 0 Å². The Kier molecular flexibility index (Phi) is 4.42. The van der Waals surface area contributed by atoms with Crippen molar-refractivity contribution < 1.29 is 13.7 Å². The van der Waals surface area contributed by atoms with E-state index in [1.807, 2.05) is 0 Å². The highest BCUT2D eigenvalue weighted by atomic mass is 32.1. The van der Waals surface area contributed by atoms with Gasteiger partial charge in [-0.3, -0.25) is 4.79 Å². The van der Waals surface area contributed by atoms with E-state index in [0.717, 1.165) is 6.42 Å². The lowest BCUT2D eigenvalue weighted by Crippen LogP contribution is -2.44. The minimum absolute atomic E-state index is 0.160. The maximum atomic E-state index is 13.1. The van der Waals surface area contributed by atoms with Crippen molar-refractivity contribution in [2.24, 2.45) is 0 Å². The Morgan fingerprint density at radius 2 is 2.17 bits per heavy atom. The highest BCUT2D eigenvalue weighted by Gasteiger charge is 2.28. The third kappa shape index (κ3) is 3.33. The standard InChI is InChI=1S/C20H19N5O3S/c1-10-5-6-16(29-10)14-9-17(24-23-14)22-19(26)12-8-13(15-4-3-7-27-15)21-20-18(12)11(2)25-28-20/h3-8,14,17,23-24H,9H2,1-2H3,(H,22,26). The molecule has 0 aliphatic carbocycles. The fourth-order valence-electron chi connectivity index (χ4n) is 3.54. The molecule has 3 N–H and O–H groups in total. The van der Waals surface area contributed by atoms with Crippen molar-refractivity contribution in [3.05, 3.63) is 57.6 Å². The Morgan fingerprint density at radius 3 is 2.93 bits per heavy atom. The van der Waals surface area contributed by atoms with Gasteiger partial charge in [0.05, 0.1) is 35.1 Å². The van der Waals surface area contributed by atoms with E-state index in [4.69, 9.17) is 8.94 Å². The average Bonchev–Trinajstić information content (AvgIpc) is 3.48. The van der Waals surface area contributed by atoms with Gasteiger partial charge in [-0.05, 0) is 44.2 Å². The van der Waals surface area contributed by atoms with Crippen LogP contribution in [0.5, 0.6) is 0 Å². The summed E-state index contributed by atoms with van der Waals surface area (Å²) in [5.74, 6) is 0.336. The molecule has 1 fully saturated rings. The van der Waals surface area contributed by atoms with Crippen LogP contribution in [0.4, 0.5) is 0 Å². The summed E-state index contributed by atoms with van der Waals surface area (Å²) < 4.78 is 10.7. The van der Waals surface area contributed by atoms with E-state index < -0.39 is 0 Å². The van der Waals surface area contributed by atoms with E-state index in [9.17, 15) is 4.79 Å². The predicted molar refractivity (Wildman–Crippen MR) is 108 cm³/mol. The number of carbonyl (C=O) groups is 1. The van der Waals surface area contributed by atoms with E-state index in [0.29, 0.717) is 33.8 Å². The van der Waals surface area contributed by atoms with Crippen LogP contribution in [0, 0.1) is 13.8 Å². The lowest BCUT2D eigenvalue weighted by atomic mass is 10.1. The second-order valence-corrected chi connectivity index (χ2v) is 8.35. The van der Waals surface area contributed by atoms with E-state index in [2.05, 4.69) is 45.4 Å². The lowest BCUT2D eigenvalue weighted by molar-refractivity contribution is 0.0934. The van der Waals surface area contributed by atoms with Gasteiger partial charge in [0.15, 0.2) is 5.76 Å². The SMILES string of the molecule is Cc1ccc(C2CC(NC(=O)c3cc(-c4ccco4)nc4onc(C)c34)NN2)s1. The van der Waals surface area contributed by atoms with Gasteiger partial charge in [0.1, 0.15) is 5.69 Å². The van der Waals surface area contributed by atoms with Crippen molar-refractivity contribution >= 4 is 28.3 Å². The largest absolute Gasteiger partial charge is 0.463 e. The van der Waals surface area contributed by atoms with Gasteiger partial charge in [-0.15, -0.1) is 11.3 Å². The van der Waals surface area contributed by atoms with Crippen LogP contribution in [0.3, 0.4) is 0 Å². The molecule has 1 saturated heterocycles. The Labute approximate surface area is 170 Å². The molecule has 0 aromatic carbocycles. The molecule has 5 rings (SSSR count). The Hall–Kier alpha value is -3.01. The van der Waals surface area contributed by atoms with E-state index >= 15 is 0 Å². The quantitative estimate of drug-likeness (QED) is 0.474. The molecule has 0 saturated carbocycles. The minimum Gasteiger partial charge on any atom is -0.463 e. The zero-order valence-electron chi connectivity index (χ0n) is 15.9. The van der Waals surface area contributed by atoms with Gasteiger partial charge in [-0.25, -0.2) is 15.8 Å². The zero-order valence-corrected chi connectivity index (χ0v) is 16.7. The average molecular weight is 409 g/mol. The number of aromatic nitrogens is 2. The Morgan fingerprint density at radius 1 is 1.28 bits per heavy atom. The zero-order chi connectivity index (χ0) is 20.0. The molecule has 4 aromatic heterocycles. The molecule has 0 bridgehead atoms. The topological polar surface area (TPSA) is 105 Å². The number of fused-ring (bicyclic) bond motifs is 1. The Bertz CT molecular complexity index is 1180. The molecule has 1 aliphatic rings. The number of thiophene rings is 1. The molecule has 2 atom stereocenters. The first-order valence-corrected chi connectivity index (χ1v) is 10.1. The van der Waals surface area contributed by atoms with Gasteiger partial charge in [0, 0.05) is 16.2 Å². The number of carbonyl (C=O) groups excluding carboxylic acids is 1. The van der Waals surface area contributed by atoms with Crippen LogP contribution in [-0.2, 0) is 0 Å². The number of hydrogen-bond donors (Lipinski definition) is 3. The van der Waals surface area contributed by atoms with Crippen LogP contribution in [0.15, 0.2) is 45.5 Å². The number of nitrogens with one attached hydrogen (secondary N) is 3. The summed E-state index contributed by atoms with van der Waals surface area (Å²) in [6.07, 6.45) is 2.10. The van der Waals surface area contributed by atoms with Crippen molar-refractivity contribution in [1.29, 1.82) is 0 Å². The minimum atomic E-state index is -0.223. The van der Waals surface area contributed by atoms with Crippen LogP contribution >= 0.6 is 11.3 Å². The summed E-state index contributed by atoms with van der Waals surface area (Å²) >= 11 is 1.75. The van der Waals surface area contributed by atoms with Crippen LogP contribution in [-0.4, -0.2) is 22.2 Å². The normalized spacial score (nSPS) is 19.1. The van der Waals surface area contributed by atoms with Crippen molar-refractivity contribution in [2.75, 3.05) is 0 Å². The number of amides is 1. The number of aryl methyl sites for hydroxylation is 2. The molecule has 5 heterocycles. The third-order valence-corrected chi connectivity index (χ3v) is 6.06. The smallest absolute Gasteiger partial charge is 0.259 e. The monoisotopic (exact) mass is 409 g/mol. The first-order valence-electron chi connectivity index (χ1n) is 9.27. The molecular formula is C20H19N5O3S. The van der Waals surface area contributed by atoms with E-state index in [1.54, 1.807) is 42.7 Å². The van der Waals surface area contributed by atoms with Gasteiger partial charge >= 0.3 is 0 Å². The highest BCUT2D eigenvalue weighted by Crippen LogP contribution is 2.29. The number of furan rings is 1. The number of rotatable bonds is 4. The molecule has 8 nitrogen and oxygen atoms in total. The Balaban J connectivity index is 1.41. The van der Waals surface area contributed by atoms with Gasteiger partial charge in [-0.1, -0.05) is 5.16 Å². The van der Waals surface area contributed by atoms with Crippen LogP contribution < -0.4 is 16.2 Å². The molecule has 9 heteroatoms. The number of pyridine rings is 1. The van der Waals surface area contributed by atoms with Gasteiger partial charge in [0.25, 0.3) is 11.6 Å². The number of nitrogens with zero attached hydrogens (tertiary/aromatic N) is 2. The second-order valence-electron chi connectivity index (χ2n) is 7.03. The fourth-order valence-corrected chi connectivity index (χ4v) is 4.48. The molecule has 1 aliphatic heterocycles. The summed E-state index contributed by atoms with van der Waals surface area (Å²) in [6.45, 7) is 3.88. The molecule has 29 heavy (non-hydrogen) atoms. The van der Waals surface area contributed by atoms with Crippen molar-refractivity contribution in [2.45, 2.75) is 32.5 Å². The maximum absolute atomic E-state index is 13.1. The van der Waals surface area contributed by atoms with E-state index in [-0.39, 0.29) is 18.1 Å². The summed E-state index contributed by atoms with van der Waals surface area (Å²) in [4.78, 5) is 20.1. The molecule has 2 unspecified atom stereocenters. The molecule has 1 amide bonds. The van der Waals surface area contributed by atoms with Crippen LogP contribution in [0.25, 0.3) is 22.6 Å². The van der Waals surface area contributed by atoms with Crippen LogP contribution in [0.1, 0.15) is 38.3 Å². The first-order chi connectivity index (χ1) is 14.1. The van der Waals surface area contributed by atoms with Gasteiger partial charge < -0.3 is 14.3 Å². The summed E-state index contributed by atoms with van der Waals surface area (Å²) in [6, 6.07) is 9.65. The maximum Gasteiger partial charge on any atom is 0.259 e. The lowest BCUT2D eigenvalue weighted by Gasteiger charge is -2.13. The predicted octanol–water partition coefficient (Wildman–Crippen LogP) is 3.46. The van der Waals surface area contributed by atoms with Crippen molar-refractivity contribution in [3.8, 4) is 11.5 Å². The number of hydrazine groups is 1. The van der Waals surface area contributed by atoms with E-state index in [1.165, 1.54) is 9.75 Å². The highest BCUT2D eigenvalue weighted by molar-refractivity contribution is 7.12. The summed E-state index contributed by atoms with van der Waals surface area (Å²) in [5.41, 5.74) is 8.33. The van der Waals surface area contributed by atoms with Gasteiger partial charge in [0.2, 0.25) is 0 Å². The molecule has 148 valence electrons. The fraction of sp³-hybridized carbons (Fsp3) is 0.250. The molecule has 0 radical (unpaired) electrons. The molecular weight excluding hydrogens is 390 g/mol. The van der Waals surface area contributed by atoms with Crippen molar-refractivity contribution in [1.82, 2.24) is 26.3 Å². The number of hydrogen-bond acceptors (Lipinski definition) is 8. The summed E-state index contributed by atoms with van der Waals surface area (Å²) in [5, 5.41) is 7.63. The van der Waals surface area contributed by atoms with Crippen molar-refractivity contribution in [3.63, 3.8) is 0 Å². The first kappa shape index (κ1) is 18.0. The second kappa shape index (κ2) is 7.11. The summed E-state index contributed by atoms with van der Waals surface area (Å²) in [7, 11) is 0. The molecule has 0 spiro atoms.